The maximum Gasteiger partial charge on any atom is 0.416 e. The lowest BCUT2D eigenvalue weighted by atomic mass is 10.1. The first kappa shape index (κ1) is 24.5. The number of methoxy groups -OCH3 is 1. The summed E-state index contributed by atoms with van der Waals surface area (Å²) in [5.41, 5.74) is -0.445. The Morgan fingerprint density at radius 1 is 0.919 bits per heavy atom. The zero-order valence-corrected chi connectivity index (χ0v) is 19.5. The molecule has 0 unspecified atom stereocenters. The Labute approximate surface area is 208 Å². The van der Waals surface area contributed by atoms with Gasteiger partial charge in [-0.2, -0.15) is 13.2 Å². The molecule has 0 radical (unpaired) electrons. The van der Waals surface area contributed by atoms with Crippen molar-refractivity contribution in [2.75, 3.05) is 33.3 Å². The van der Waals surface area contributed by atoms with Crippen LogP contribution in [0.4, 0.5) is 27.6 Å². The van der Waals surface area contributed by atoms with E-state index in [2.05, 4.69) is 4.99 Å². The lowest BCUT2D eigenvalue weighted by Gasteiger charge is -2.36. The van der Waals surface area contributed by atoms with E-state index in [1.54, 1.807) is 18.2 Å². The number of hydrogen-bond acceptors (Lipinski definition) is 5. The Balaban J connectivity index is 1.47. The molecule has 1 saturated heterocycles. The molecular formula is C26H20F5N3O3. The number of carbonyl (C=O) groups excluding carboxylic acids is 1. The minimum Gasteiger partial charge on any atom is -0.497 e. The Hall–Kier alpha value is -4.15. The molecule has 3 aromatic rings. The summed E-state index contributed by atoms with van der Waals surface area (Å²) in [5.74, 6) is -0.820. The summed E-state index contributed by atoms with van der Waals surface area (Å²) in [6, 6.07) is 10.7. The van der Waals surface area contributed by atoms with Gasteiger partial charge in [0.05, 0.1) is 18.2 Å². The Bertz CT molecular complexity index is 1380. The average Bonchev–Trinajstić information content (AvgIpc) is 3.03. The third kappa shape index (κ3) is 4.93. The van der Waals surface area contributed by atoms with Crippen LogP contribution in [0.25, 0.3) is 0 Å². The molecule has 0 aromatic heterocycles. The quantitative estimate of drug-likeness (QED) is 0.414. The van der Waals surface area contributed by atoms with Crippen molar-refractivity contribution >= 4 is 17.4 Å². The van der Waals surface area contributed by atoms with Gasteiger partial charge in [0.1, 0.15) is 34.7 Å². The minimum absolute atomic E-state index is 0.00809. The molecule has 1 fully saturated rings. The van der Waals surface area contributed by atoms with Crippen LogP contribution >= 0.6 is 0 Å². The fraction of sp³-hybridized carbons (Fsp3) is 0.231. The number of rotatable bonds is 2. The number of ether oxygens (including phenoxy) is 2. The summed E-state index contributed by atoms with van der Waals surface area (Å²) in [7, 11) is 1.49. The van der Waals surface area contributed by atoms with Crippen LogP contribution in [0.15, 0.2) is 59.6 Å². The fourth-order valence-electron chi connectivity index (χ4n) is 4.28. The van der Waals surface area contributed by atoms with Crippen molar-refractivity contribution in [1.29, 1.82) is 0 Å². The molecule has 0 atom stereocenters. The van der Waals surface area contributed by atoms with Crippen molar-refractivity contribution in [3.8, 4) is 17.2 Å². The van der Waals surface area contributed by atoms with E-state index < -0.39 is 29.3 Å². The zero-order valence-electron chi connectivity index (χ0n) is 19.5. The largest absolute Gasteiger partial charge is 0.497 e. The normalized spacial score (nSPS) is 15.2. The molecule has 192 valence electrons. The molecule has 0 bridgehead atoms. The minimum atomic E-state index is -4.56. The number of carbonyl (C=O) groups is 1. The number of piperazine rings is 1. The molecule has 2 aliphatic heterocycles. The van der Waals surface area contributed by atoms with Crippen molar-refractivity contribution in [3.63, 3.8) is 0 Å². The number of aliphatic imine (C=N–C) groups is 1. The van der Waals surface area contributed by atoms with Crippen LogP contribution in [0.5, 0.6) is 17.2 Å². The summed E-state index contributed by atoms with van der Waals surface area (Å²) in [6.07, 6.45) is -4.56. The monoisotopic (exact) mass is 517 g/mol. The highest BCUT2D eigenvalue weighted by molar-refractivity contribution is 6.04. The zero-order chi connectivity index (χ0) is 26.3. The number of hydrogen-bond donors (Lipinski definition) is 0. The summed E-state index contributed by atoms with van der Waals surface area (Å²) in [6.45, 7) is 0.942. The lowest BCUT2D eigenvalue weighted by molar-refractivity contribution is -0.137. The number of nitrogens with zero attached hydrogens (tertiary/aromatic N) is 3. The molecule has 3 aromatic carbocycles. The van der Waals surface area contributed by atoms with Crippen LogP contribution < -0.4 is 9.47 Å². The Kier molecular flexibility index (Phi) is 6.22. The molecule has 6 nitrogen and oxygen atoms in total. The first-order chi connectivity index (χ1) is 17.6. The van der Waals surface area contributed by atoms with Crippen molar-refractivity contribution in [1.82, 2.24) is 9.80 Å². The lowest BCUT2D eigenvalue weighted by Crippen LogP contribution is -2.50. The van der Waals surface area contributed by atoms with Crippen LogP contribution in [0.1, 0.15) is 21.5 Å². The first-order valence-electron chi connectivity index (χ1n) is 11.3. The van der Waals surface area contributed by atoms with Gasteiger partial charge in [-0.1, -0.05) is 0 Å². The molecule has 11 heteroatoms. The number of amides is 1. The molecule has 37 heavy (non-hydrogen) atoms. The van der Waals surface area contributed by atoms with Gasteiger partial charge in [0.2, 0.25) is 0 Å². The van der Waals surface area contributed by atoms with Crippen LogP contribution in [0.3, 0.4) is 0 Å². The van der Waals surface area contributed by atoms with E-state index >= 15 is 0 Å². The van der Waals surface area contributed by atoms with E-state index in [-0.39, 0.29) is 43.2 Å². The van der Waals surface area contributed by atoms with Gasteiger partial charge in [-0.15, -0.1) is 0 Å². The molecule has 1 amide bonds. The summed E-state index contributed by atoms with van der Waals surface area (Å²) < 4.78 is 78.6. The molecule has 2 aliphatic rings. The maximum atomic E-state index is 13.6. The molecule has 0 N–H and O–H groups in total. The van der Waals surface area contributed by atoms with Crippen molar-refractivity contribution in [3.05, 3.63) is 82.9 Å². The third-order valence-corrected chi connectivity index (χ3v) is 6.14. The van der Waals surface area contributed by atoms with Crippen molar-refractivity contribution < 1.29 is 36.2 Å². The highest BCUT2D eigenvalue weighted by Crippen LogP contribution is 2.42. The van der Waals surface area contributed by atoms with Crippen molar-refractivity contribution in [2.45, 2.75) is 6.18 Å². The van der Waals surface area contributed by atoms with E-state index in [1.807, 2.05) is 4.90 Å². The van der Waals surface area contributed by atoms with Crippen LogP contribution in [0, 0.1) is 11.6 Å². The predicted octanol–water partition coefficient (Wildman–Crippen LogP) is 5.63. The number of amidine groups is 1. The van der Waals surface area contributed by atoms with Gasteiger partial charge in [0, 0.05) is 37.8 Å². The van der Waals surface area contributed by atoms with Gasteiger partial charge in [0.15, 0.2) is 5.75 Å². The van der Waals surface area contributed by atoms with Gasteiger partial charge in [0.25, 0.3) is 5.91 Å². The van der Waals surface area contributed by atoms with Crippen LogP contribution in [-0.2, 0) is 6.18 Å². The van der Waals surface area contributed by atoms with Crippen molar-refractivity contribution in [2.24, 2.45) is 4.99 Å². The standard InChI is InChI=1S/C26H20F5N3O3/c1-36-19-3-5-22-20(14-19)24(32-21-12-16(26(29,30)31)2-4-23(21)37-22)33-6-8-34(9-7-33)25(35)15-10-17(27)13-18(28)11-15/h2-5,10-14H,6-9H2,1H3. The number of benzene rings is 3. The number of fused-ring (bicyclic) bond motifs is 2. The SMILES string of the molecule is COc1ccc2c(c1)C(N1CCN(C(=O)c3cc(F)cc(F)c3)CC1)=Nc1cc(C(F)(F)F)ccc1O2. The Morgan fingerprint density at radius 3 is 2.24 bits per heavy atom. The van der Waals surface area contributed by atoms with Gasteiger partial charge in [-0.25, -0.2) is 13.8 Å². The predicted molar refractivity (Wildman–Crippen MR) is 125 cm³/mol. The topological polar surface area (TPSA) is 54.4 Å². The summed E-state index contributed by atoms with van der Waals surface area (Å²) >= 11 is 0. The smallest absolute Gasteiger partial charge is 0.416 e. The third-order valence-electron chi connectivity index (χ3n) is 6.14. The van der Waals surface area contributed by atoms with Gasteiger partial charge >= 0.3 is 6.18 Å². The molecule has 0 spiro atoms. The van der Waals surface area contributed by atoms with E-state index in [1.165, 1.54) is 18.1 Å². The van der Waals surface area contributed by atoms with Crippen LogP contribution in [0.2, 0.25) is 0 Å². The van der Waals surface area contributed by atoms with Gasteiger partial charge < -0.3 is 19.3 Å². The fourth-order valence-corrected chi connectivity index (χ4v) is 4.28. The van der Waals surface area contributed by atoms with E-state index in [4.69, 9.17) is 9.47 Å². The molecule has 2 heterocycles. The molecule has 0 saturated carbocycles. The molecule has 0 aliphatic carbocycles. The van der Waals surface area contributed by atoms with E-state index in [9.17, 15) is 26.7 Å². The maximum absolute atomic E-state index is 13.6. The second kappa shape index (κ2) is 9.38. The second-order valence-corrected chi connectivity index (χ2v) is 8.52. The number of alkyl halides is 3. The first-order valence-corrected chi connectivity index (χ1v) is 11.3. The number of halogens is 5. The van der Waals surface area contributed by atoms with E-state index in [0.717, 1.165) is 24.3 Å². The Morgan fingerprint density at radius 2 is 1.59 bits per heavy atom. The van der Waals surface area contributed by atoms with E-state index in [0.29, 0.717) is 29.0 Å². The summed E-state index contributed by atoms with van der Waals surface area (Å²) in [5, 5.41) is 0. The van der Waals surface area contributed by atoms with Gasteiger partial charge in [-0.3, -0.25) is 4.79 Å². The summed E-state index contributed by atoms with van der Waals surface area (Å²) in [4.78, 5) is 20.7. The highest BCUT2D eigenvalue weighted by atomic mass is 19.4. The second-order valence-electron chi connectivity index (χ2n) is 8.52. The highest BCUT2D eigenvalue weighted by Gasteiger charge is 2.33. The molecule has 5 rings (SSSR count). The van der Waals surface area contributed by atoms with Crippen LogP contribution in [-0.4, -0.2) is 54.8 Å². The average molecular weight is 517 g/mol. The van der Waals surface area contributed by atoms with Gasteiger partial charge in [-0.05, 0) is 48.5 Å². The molecular weight excluding hydrogens is 497 g/mol.